The van der Waals surface area contributed by atoms with E-state index >= 15 is 0 Å². The molecule has 16 atom stereocenters. The first-order valence-corrected chi connectivity index (χ1v) is 45.6. The molecular formula is C94H150N8O24. The number of amides is 1. The van der Waals surface area contributed by atoms with Crippen LogP contribution in [-0.2, 0) is 106 Å². The first-order valence-electron chi connectivity index (χ1n) is 45.6. The highest BCUT2D eigenvalue weighted by Gasteiger charge is 2.53. The summed E-state index contributed by atoms with van der Waals surface area (Å²) >= 11 is 0. The van der Waals surface area contributed by atoms with Gasteiger partial charge in [0.1, 0.15) is 59.6 Å². The largest absolute Gasteiger partial charge is 0.460 e. The Bertz CT molecular complexity index is 3970. The Morgan fingerprint density at radius 3 is 2.00 bits per heavy atom. The van der Waals surface area contributed by atoms with Gasteiger partial charge in [-0.2, -0.15) is 10.1 Å². The number of ether oxygens (including phenoxy) is 15. The molecule has 6 N–H and O–H groups in total. The van der Waals surface area contributed by atoms with Gasteiger partial charge in [0.15, 0.2) is 17.0 Å². The maximum absolute atomic E-state index is 14.7. The van der Waals surface area contributed by atoms with E-state index in [4.69, 9.17) is 92.0 Å². The number of Topliss-reactive ketones (excluding diaryl/α,β-unsaturated/α-hetero) is 3. The van der Waals surface area contributed by atoms with Crippen LogP contribution in [0.3, 0.4) is 0 Å². The fourth-order valence-electron chi connectivity index (χ4n) is 16.4. The first kappa shape index (κ1) is 107. The number of nitrogen functional groups attached to an aromatic ring is 2. The SMILES string of the molecule is CCCOCCOCCOCCOCCOCC.CCOCCOCCC(=O)CCCCCn1nc(-c2ccc3oc(N)nc3c2)c2c(N)ncnc21.COCCCC(=O)O[C@@H]1CC[C@@H](C[C@@H](C)[C@@H]2C[C@@H](OC)[C@H](C)/C=C(\C)[C@@H](O)[C@@H](OC)C(=O)[C@H](C)C[C@H](C)/C=C/C=C/C=C(\C)[C@@H](OC)C[C@@H]3CC[C@@H](C)[C@@](O)(O3)C(=O)C(=O)N3CCCC[C@H]3C(=O)O2)C[C@H]1OC. The minimum atomic E-state index is -2.42. The number of hydrogen-bond donors (Lipinski definition) is 4. The van der Waals surface area contributed by atoms with Gasteiger partial charge < -0.3 is 102 Å². The number of carbonyl (C=O) groups excluding carboxylic acids is 6. The molecule has 3 aliphatic heterocycles. The van der Waals surface area contributed by atoms with Gasteiger partial charge >= 0.3 is 11.9 Å². The number of piperidine rings is 1. The highest BCUT2D eigenvalue weighted by atomic mass is 16.6. The van der Waals surface area contributed by atoms with Gasteiger partial charge in [-0.15, -0.1) is 0 Å². The number of oxazole rings is 1. The zero-order chi connectivity index (χ0) is 91.9. The Morgan fingerprint density at radius 1 is 0.675 bits per heavy atom. The summed E-state index contributed by atoms with van der Waals surface area (Å²) in [6.45, 7) is 29.2. The molecular weight excluding hydrogens is 1630 g/mol. The molecule has 0 radical (unpaired) electrons. The number of aryl methyl sites for hydroxylation is 1. The second-order valence-corrected chi connectivity index (χ2v) is 33.4. The summed E-state index contributed by atoms with van der Waals surface area (Å²) in [7, 11) is 7.79. The standard InChI is InChI=1S/C57H91NO15.C24H31N7O4.C13H28O5/c1-35-19-14-13-15-20-36(2)46(67-9)33-43-25-23-41(7)57(65,73-43)54(62)55(63)58-27-17-16-21-44(58)56(64)72-48(34-47(68-10)37(3)30-40(6)52(61)53(70-12)51(60)39(5)29-35)38(4)31-42-24-26-45(49(32-42)69-11)71-50(59)22-18-28-66-8;1-2-33-12-13-34-11-9-17(32)6-4-3-5-10-31-23-20(22(25)27-15-28-23)21(30-31)16-7-8-19-18(14-16)29-24(26)35-19;1-3-5-15-8-9-17-12-13-18-11-10-16-7-6-14-4-2/h13-15,19-20,30,35,37-39,41-49,52-53,61,65H,16-18,21-29,31-34H2,1-12H3;7-8,14-15H,2-6,9-13H2,1H3,(H2,26,29)(H2,25,27,28);3-13H2,1-2H3/b15-13+,19-14+,36-20+,40-30+;;/t35-,37-,38-,39-,41-,42+,43+,44+,45-,46+,47-,48+,49-,52-,53+,57-;;/m1../s1. The lowest BCUT2D eigenvalue weighted by atomic mass is 9.78. The Balaban J connectivity index is 0.000000376. The van der Waals surface area contributed by atoms with Crippen LogP contribution in [0.25, 0.3) is 33.4 Å². The van der Waals surface area contributed by atoms with Crippen molar-refractivity contribution in [3.8, 4) is 11.3 Å². The molecule has 710 valence electrons. The van der Waals surface area contributed by atoms with E-state index in [1.807, 2.05) is 102 Å². The van der Waals surface area contributed by atoms with Gasteiger partial charge in [0.2, 0.25) is 5.79 Å². The molecule has 0 unspecified atom stereocenters. The number of rotatable bonds is 41. The smallest absolute Gasteiger partial charge is 0.329 e. The summed E-state index contributed by atoms with van der Waals surface area (Å²) in [4.78, 5) is 96.1. The average molecular weight is 1780 g/mol. The molecule has 0 spiro atoms. The van der Waals surface area contributed by atoms with Gasteiger partial charge in [-0.1, -0.05) is 84.4 Å². The number of aliphatic hydroxyl groups excluding tert-OH is 1. The summed E-state index contributed by atoms with van der Waals surface area (Å²) < 4.78 is 91.5. The minimum absolute atomic E-state index is 0.0343. The number of hydrogen-bond acceptors (Lipinski definition) is 30. The van der Waals surface area contributed by atoms with Crippen molar-refractivity contribution >= 4 is 69.2 Å². The molecule has 1 aliphatic carbocycles. The normalized spacial score (nSPS) is 26.9. The van der Waals surface area contributed by atoms with E-state index in [2.05, 4.69) is 21.9 Å². The van der Waals surface area contributed by atoms with Crippen LogP contribution in [0.1, 0.15) is 198 Å². The van der Waals surface area contributed by atoms with Crippen LogP contribution in [0.4, 0.5) is 11.8 Å². The number of aromatic nitrogens is 5. The van der Waals surface area contributed by atoms with E-state index in [0.29, 0.717) is 209 Å². The van der Waals surface area contributed by atoms with E-state index in [1.165, 1.54) is 18.3 Å². The molecule has 3 fully saturated rings. The Labute approximate surface area is 746 Å². The fraction of sp³-hybridized carbons (Fsp3) is 0.723. The summed E-state index contributed by atoms with van der Waals surface area (Å²) in [6.07, 6.45) is 19.1. The van der Waals surface area contributed by atoms with E-state index in [0.717, 1.165) is 56.5 Å². The lowest BCUT2D eigenvalue weighted by molar-refractivity contribution is -0.265. The molecule has 3 aromatic heterocycles. The van der Waals surface area contributed by atoms with Gasteiger partial charge in [-0.25, -0.2) is 19.4 Å². The molecule has 1 amide bonds. The highest BCUT2D eigenvalue weighted by molar-refractivity contribution is 6.39. The highest BCUT2D eigenvalue weighted by Crippen LogP contribution is 2.40. The molecule has 8 rings (SSSR count). The van der Waals surface area contributed by atoms with Crippen molar-refractivity contribution < 1.29 is 114 Å². The fourth-order valence-corrected chi connectivity index (χ4v) is 16.4. The van der Waals surface area contributed by atoms with Crippen molar-refractivity contribution in [3.05, 3.63) is 72.1 Å². The number of nitrogens with zero attached hydrogens (tertiary/aromatic N) is 6. The van der Waals surface area contributed by atoms with Crippen molar-refractivity contribution in [3.63, 3.8) is 0 Å². The van der Waals surface area contributed by atoms with Crippen LogP contribution in [0.15, 0.2) is 76.5 Å². The number of methoxy groups -OCH3 is 5. The van der Waals surface area contributed by atoms with Gasteiger partial charge in [0, 0.05) is 130 Å². The maximum atomic E-state index is 14.7. The predicted molar refractivity (Wildman–Crippen MR) is 479 cm³/mol. The molecule has 32 nitrogen and oxygen atoms in total. The lowest BCUT2D eigenvalue weighted by Crippen LogP contribution is -2.61. The van der Waals surface area contributed by atoms with Crippen molar-refractivity contribution in [1.29, 1.82) is 0 Å². The predicted octanol–water partition coefficient (Wildman–Crippen LogP) is 12.5. The molecule has 2 bridgehead atoms. The Morgan fingerprint density at radius 2 is 1.35 bits per heavy atom. The third-order valence-electron chi connectivity index (χ3n) is 23.6. The number of aliphatic hydroxyl groups is 2. The topological polar surface area (TPSA) is 406 Å². The molecule has 2 saturated heterocycles. The number of ketones is 3. The monoisotopic (exact) mass is 1780 g/mol. The zero-order valence-corrected chi connectivity index (χ0v) is 77.8. The zero-order valence-electron chi connectivity index (χ0n) is 77.8. The van der Waals surface area contributed by atoms with Crippen LogP contribution >= 0.6 is 0 Å². The minimum Gasteiger partial charge on any atom is -0.460 e. The number of cyclic esters (lactones) is 1. The quantitative estimate of drug-likeness (QED) is 0.0139. The third-order valence-corrected chi connectivity index (χ3v) is 23.6. The van der Waals surface area contributed by atoms with Crippen molar-refractivity contribution in [1.82, 2.24) is 29.6 Å². The summed E-state index contributed by atoms with van der Waals surface area (Å²) in [5.74, 6) is -6.65. The van der Waals surface area contributed by atoms with E-state index in [-0.39, 0.29) is 79.1 Å². The molecule has 32 heteroatoms. The van der Waals surface area contributed by atoms with Gasteiger partial charge in [0.05, 0.1) is 102 Å². The van der Waals surface area contributed by atoms with Gasteiger partial charge in [-0.05, 0) is 165 Å². The molecule has 1 aromatic carbocycles. The summed E-state index contributed by atoms with van der Waals surface area (Å²) in [6, 6.07) is 4.57. The van der Waals surface area contributed by atoms with E-state index < -0.39 is 84.1 Å². The van der Waals surface area contributed by atoms with Crippen molar-refractivity contribution in [2.75, 3.05) is 153 Å². The molecule has 4 aromatic rings. The second-order valence-electron chi connectivity index (χ2n) is 33.4. The van der Waals surface area contributed by atoms with Crippen LogP contribution in [0.5, 0.6) is 0 Å². The van der Waals surface area contributed by atoms with Crippen molar-refractivity contribution in [2.24, 2.45) is 35.5 Å². The van der Waals surface area contributed by atoms with Crippen LogP contribution in [0, 0.1) is 35.5 Å². The Kier molecular flexibility index (Phi) is 50.3. The molecule has 126 heavy (non-hydrogen) atoms. The number of carbonyl (C=O) groups is 6. The summed E-state index contributed by atoms with van der Waals surface area (Å²) in [5, 5.41) is 29.2. The number of allylic oxidation sites excluding steroid dienone is 5. The number of anilines is 2. The third kappa shape index (κ3) is 35.5. The van der Waals surface area contributed by atoms with Crippen LogP contribution in [-0.4, -0.2) is 277 Å². The first-order chi connectivity index (χ1) is 60.7. The number of nitrogens with two attached hydrogens (primary N) is 2. The van der Waals surface area contributed by atoms with E-state index in [1.54, 1.807) is 48.4 Å². The number of unbranched alkanes of at least 4 members (excludes halogenated alkanes) is 2. The molecule has 4 aliphatic rings. The Hall–Kier alpha value is -7.38. The van der Waals surface area contributed by atoms with Crippen molar-refractivity contribution in [2.45, 2.75) is 265 Å². The lowest BCUT2D eigenvalue weighted by Gasteiger charge is -2.43. The number of esters is 2. The van der Waals surface area contributed by atoms with Crippen LogP contribution < -0.4 is 11.5 Å². The number of fused-ring (bicyclic) bond motifs is 5. The van der Waals surface area contributed by atoms with Gasteiger partial charge in [-0.3, -0.25) is 24.0 Å². The maximum Gasteiger partial charge on any atom is 0.329 e. The van der Waals surface area contributed by atoms with Gasteiger partial charge in [0.25, 0.3) is 17.7 Å². The second kappa shape index (κ2) is 59.0. The molecule has 6 heterocycles. The number of benzene rings is 1. The average Bonchev–Trinajstić information content (AvgIpc) is 1.33. The van der Waals surface area contributed by atoms with Crippen LogP contribution in [0.2, 0.25) is 0 Å². The summed E-state index contributed by atoms with van der Waals surface area (Å²) in [5.41, 5.74) is 16.7. The molecule has 1 saturated carbocycles. The van der Waals surface area contributed by atoms with E-state index in [9.17, 15) is 39.0 Å².